The highest BCUT2D eigenvalue weighted by atomic mass is 16.4. The lowest BCUT2D eigenvalue weighted by Gasteiger charge is -2.06. The highest BCUT2D eigenvalue weighted by molar-refractivity contribution is 5.98. The number of nitrogens with one attached hydrogen (secondary N) is 2. The van der Waals surface area contributed by atoms with Crippen LogP contribution in [0.1, 0.15) is 22.8 Å². The van der Waals surface area contributed by atoms with E-state index in [-0.39, 0.29) is 11.5 Å². The molecule has 0 atom stereocenters. The van der Waals surface area contributed by atoms with E-state index < -0.39 is 5.97 Å². The largest absolute Gasteiger partial charge is 0.478 e. The maximum atomic E-state index is 10.8. The summed E-state index contributed by atoms with van der Waals surface area (Å²) < 4.78 is 0. The predicted octanol–water partition coefficient (Wildman–Crippen LogP) is 1.34. The van der Waals surface area contributed by atoms with Gasteiger partial charge in [0, 0.05) is 24.4 Å². The molecule has 0 aromatic heterocycles. The van der Waals surface area contributed by atoms with Crippen LogP contribution in [-0.4, -0.2) is 23.2 Å². The molecule has 1 amide bonds. The average molecular weight is 206 g/mol. The quantitative estimate of drug-likeness (QED) is 0.652. The zero-order valence-electron chi connectivity index (χ0n) is 8.07. The topological polar surface area (TPSA) is 90.2 Å². The van der Waals surface area contributed by atoms with E-state index in [9.17, 15) is 9.59 Å². The number of anilines is 1. The van der Waals surface area contributed by atoms with Gasteiger partial charge in [0.25, 0.3) is 0 Å². The Morgan fingerprint density at radius 3 is 2.60 bits per heavy atom. The Bertz CT molecular complexity index is 427. The first kappa shape index (κ1) is 10.9. The van der Waals surface area contributed by atoms with Gasteiger partial charge in [-0.1, -0.05) is 0 Å². The van der Waals surface area contributed by atoms with Gasteiger partial charge in [0.2, 0.25) is 5.91 Å². The second kappa shape index (κ2) is 4.36. The Labute approximate surface area is 86.2 Å². The van der Waals surface area contributed by atoms with Gasteiger partial charge in [0.15, 0.2) is 0 Å². The zero-order chi connectivity index (χ0) is 11.4. The molecule has 0 aliphatic carbocycles. The van der Waals surface area contributed by atoms with Crippen LogP contribution in [0.3, 0.4) is 0 Å². The lowest BCUT2D eigenvalue weighted by molar-refractivity contribution is -0.114. The molecule has 5 heteroatoms. The first-order valence-electron chi connectivity index (χ1n) is 4.20. The van der Waals surface area contributed by atoms with Gasteiger partial charge in [0.1, 0.15) is 0 Å². The summed E-state index contributed by atoms with van der Waals surface area (Å²) in [6, 6.07) is 4.17. The molecule has 3 N–H and O–H groups in total. The molecule has 0 heterocycles. The van der Waals surface area contributed by atoms with Crippen LogP contribution in [0, 0.1) is 5.41 Å². The lowest BCUT2D eigenvalue weighted by atomic mass is 10.1. The first-order chi connectivity index (χ1) is 7.04. The van der Waals surface area contributed by atoms with Crippen molar-refractivity contribution in [2.75, 3.05) is 5.32 Å². The summed E-state index contributed by atoms with van der Waals surface area (Å²) in [7, 11) is 0. The smallest absolute Gasteiger partial charge is 0.335 e. The Morgan fingerprint density at radius 1 is 1.47 bits per heavy atom. The number of carboxylic acid groups (broad SMARTS) is 1. The standard InChI is InChI=1S/C10H10N2O3/c1-6(13)12-9-3-2-7(10(14)15)4-8(9)5-11/h2-5,11H,1H3,(H,12,13)(H,14,15). The number of hydrogen-bond acceptors (Lipinski definition) is 3. The van der Waals surface area contributed by atoms with E-state index in [1.165, 1.54) is 25.1 Å². The second-order valence-electron chi connectivity index (χ2n) is 2.93. The fourth-order valence-electron chi connectivity index (χ4n) is 1.12. The monoisotopic (exact) mass is 206 g/mol. The van der Waals surface area contributed by atoms with E-state index in [4.69, 9.17) is 10.5 Å². The van der Waals surface area contributed by atoms with Crippen molar-refractivity contribution in [3.8, 4) is 0 Å². The molecular weight excluding hydrogens is 196 g/mol. The van der Waals surface area contributed by atoms with Gasteiger partial charge in [-0.15, -0.1) is 0 Å². The van der Waals surface area contributed by atoms with Crippen molar-refractivity contribution in [1.82, 2.24) is 0 Å². The Kier molecular flexibility index (Phi) is 3.17. The number of carbonyl (C=O) groups is 2. The highest BCUT2D eigenvalue weighted by Gasteiger charge is 2.07. The molecule has 1 rings (SSSR count). The Balaban J connectivity index is 3.14. The molecule has 0 spiro atoms. The Hall–Kier alpha value is -2.17. The molecule has 1 aromatic rings. The summed E-state index contributed by atoms with van der Waals surface area (Å²) in [4.78, 5) is 21.4. The maximum Gasteiger partial charge on any atom is 0.335 e. The van der Waals surface area contributed by atoms with Gasteiger partial charge in [-0.3, -0.25) is 4.79 Å². The summed E-state index contributed by atoms with van der Waals surface area (Å²) in [6.45, 7) is 1.35. The van der Waals surface area contributed by atoms with Crippen molar-refractivity contribution in [3.63, 3.8) is 0 Å². The van der Waals surface area contributed by atoms with E-state index in [1.54, 1.807) is 0 Å². The summed E-state index contributed by atoms with van der Waals surface area (Å²) in [6.07, 6.45) is 0.998. The second-order valence-corrected chi connectivity index (χ2v) is 2.93. The number of aromatic carboxylic acids is 1. The summed E-state index contributed by atoms with van der Waals surface area (Å²) in [5, 5.41) is 18.3. The third-order valence-corrected chi connectivity index (χ3v) is 1.76. The summed E-state index contributed by atoms with van der Waals surface area (Å²) in [5.74, 6) is -1.33. The molecule has 1 aromatic carbocycles. The van der Waals surface area contributed by atoms with Crippen molar-refractivity contribution in [1.29, 1.82) is 5.41 Å². The molecule has 0 aliphatic heterocycles. The molecule has 0 saturated heterocycles. The van der Waals surface area contributed by atoms with Gasteiger partial charge in [-0.2, -0.15) is 0 Å². The number of rotatable bonds is 3. The predicted molar refractivity (Wildman–Crippen MR) is 55.6 cm³/mol. The third kappa shape index (κ3) is 2.63. The fourth-order valence-corrected chi connectivity index (χ4v) is 1.12. The minimum atomic E-state index is -1.06. The van der Waals surface area contributed by atoms with E-state index in [0.717, 1.165) is 6.21 Å². The van der Waals surface area contributed by atoms with Crippen LogP contribution >= 0.6 is 0 Å². The highest BCUT2D eigenvalue weighted by Crippen LogP contribution is 2.15. The number of carbonyl (C=O) groups excluding carboxylic acids is 1. The lowest BCUT2D eigenvalue weighted by Crippen LogP contribution is -2.09. The number of benzene rings is 1. The molecule has 0 radical (unpaired) electrons. The molecule has 0 bridgehead atoms. The van der Waals surface area contributed by atoms with Gasteiger partial charge in [-0.05, 0) is 18.2 Å². The first-order valence-corrected chi connectivity index (χ1v) is 4.20. The minimum Gasteiger partial charge on any atom is -0.478 e. The average Bonchev–Trinajstić information content (AvgIpc) is 2.17. The normalized spacial score (nSPS) is 9.40. The van der Waals surface area contributed by atoms with Crippen LogP contribution < -0.4 is 5.32 Å². The van der Waals surface area contributed by atoms with Crippen LogP contribution in [0.25, 0.3) is 0 Å². The van der Waals surface area contributed by atoms with Gasteiger partial charge in [0.05, 0.1) is 5.56 Å². The summed E-state index contributed by atoms with van der Waals surface area (Å²) >= 11 is 0. The molecular formula is C10H10N2O3. The van der Waals surface area contributed by atoms with Crippen molar-refractivity contribution in [2.24, 2.45) is 0 Å². The molecule has 0 unspecified atom stereocenters. The Morgan fingerprint density at radius 2 is 2.13 bits per heavy atom. The zero-order valence-corrected chi connectivity index (χ0v) is 8.07. The van der Waals surface area contributed by atoms with Crippen molar-refractivity contribution < 1.29 is 14.7 Å². The SMILES string of the molecule is CC(=O)Nc1ccc(C(=O)O)cc1C=N. The van der Waals surface area contributed by atoms with E-state index in [0.29, 0.717) is 11.3 Å². The maximum absolute atomic E-state index is 10.8. The van der Waals surface area contributed by atoms with Crippen LogP contribution in [-0.2, 0) is 4.79 Å². The molecule has 5 nitrogen and oxygen atoms in total. The fraction of sp³-hybridized carbons (Fsp3) is 0.100. The number of amides is 1. The van der Waals surface area contributed by atoms with Gasteiger partial charge < -0.3 is 15.8 Å². The van der Waals surface area contributed by atoms with Crippen molar-refractivity contribution in [2.45, 2.75) is 6.92 Å². The van der Waals surface area contributed by atoms with Crippen LogP contribution in [0.15, 0.2) is 18.2 Å². The molecule has 0 fully saturated rings. The molecule has 0 saturated carbocycles. The molecule has 15 heavy (non-hydrogen) atoms. The molecule has 78 valence electrons. The van der Waals surface area contributed by atoms with Crippen LogP contribution in [0.4, 0.5) is 5.69 Å². The van der Waals surface area contributed by atoms with Crippen molar-refractivity contribution >= 4 is 23.8 Å². The van der Waals surface area contributed by atoms with Crippen LogP contribution in [0.2, 0.25) is 0 Å². The van der Waals surface area contributed by atoms with E-state index in [2.05, 4.69) is 5.32 Å². The van der Waals surface area contributed by atoms with E-state index in [1.807, 2.05) is 0 Å². The number of carboxylic acids is 1. The molecule has 0 aliphatic rings. The van der Waals surface area contributed by atoms with E-state index >= 15 is 0 Å². The minimum absolute atomic E-state index is 0.0857. The number of hydrogen-bond donors (Lipinski definition) is 3. The van der Waals surface area contributed by atoms with Gasteiger partial charge >= 0.3 is 5.97 Å². The summed E-state index contributed by atoms with van der Waals surface area (Å²) in [5.41, 5.74) is 0.884. The van der Waals surface area contributed by atoms with Crippen LogP contribution in [0.5, 0.6) is 0 Å². The third-order valence-electron chi connectivity index (χ3n) is 1.76. The van der Waals surface area contributed by atoms with Gasteiger partial charge in [-0.25, -0.2) is 4.79 Å². The van der Waals surface area contributed by atoms with Crippen molar-refractivity contribution in [3.05, 3.63) is 29.3 Å².